The average molecular weight is 547 g/mol. The molecule has 7 N–H and O–H groups in total. The molecule has 0 aliphatic carbocycles. The Morgan fingerprint density at radius 3 is 2.44 bits per heavy atom. The lowest BCUT2D eigenvalue weighted by molar-refractivity contribution is -0.255. The highest BCUT2D eigenvalue weighted by molar-refractivity contribution is 5.98. The number of aliphatic hydroxyl groups is 2. The maximum absolute atomic E-state index is 13.6. The van der Waals surface area contributed by atoms with Crippen LogP contribution >= 0.6 is 0 Å². The van der Waals surface area contributed by atoms with Crippen LogP contribution < -0.4 is 21.3 Å². The Bertz CT molecular complexity index is 1420. The molecule has 3 aromatic rings. The number of nitrogen functional groups attached to an aromatic ring is 1. The quantitative estimate of drug-likeness (QED) is 0.304. The Balaban J connectivity index is 1.72. The minimum Gasteiger partial charge on any atom is -0.508 e. The molecule has 11 nitrogen and oxygen atoms in total. The van der Waals surface area contributed by atoms with E-state index in [-0.39, 0.29) is 41.7 Å². The summed E-state index contributed by atoms with van der Waals surface area (Å²) in [5.41, 5.74) is 7.30. The van der Waals surface area contributed by atoms with Crippen LogP contribution in [0.25, 0.3) is 11.3 Å². The number of carbonyl (C=O) groups is 2. The van der Waals surface area contributed by atoms with Crippen LogP contribution in [0, 0.1) is 6.92 Å². The van der Waals surface area contributed by atoms with Crippen molar-refractivity contribution in [2.45, 2.75) is 24.7 Å². The number of nitrogens with zero attached hydrogens (tertiary/aromatic N) is 4. The fourth-order valence-electron chi connectivity index (χ4n) is 4.43. The number of alkyl halides is 3. The van der Waals surface area contributed by atoms with Gasteiger partial charge in [0.2, 0.25) is 5.91 Å². The van der Waals surface area contributed by atoms with Gasteiger partial charge in [-0.2, -0.15) is 13.2 Å². The van der Waals surface area contributed by atoms with Crippen molar-refractivity contribution in [2.24, 2.45) is 5.73 Å². The number of phenolic OH excluding ortho intramolecular Hbond substituents is 1. The molecule has 2 heterocycles. The number of primary amides is 1. The molecule has 2 unspecified atom stereocenters. The van der Waals surface area contributed by atoms with E-state index in [2.05, 4.69) is 9.97 Å². The molecule has 1 saturated heterocycles. The van der Waals surface area contributed by atoms with E-state index in [4.69, 9.17) is 11.5 Å². The molecule has 1 fully saturated rings. The van der Waals surface area contributed by atoms with Gasteiger partial charge in [0, 0.05) is 23.4 Å². The number of aliphatic hydroxyl groups excluding tert-OH is 1. The molecule has 2 atom stereocenters. The number of amides is 2. The first-order valence-electron chi connectivity index (χ1n) is 11.6. The zero-order valence-corrected chi connectivity index (χ0v) is 20.6. The van der Waals surface area contributed by atoms with E-state index >= 15 is 0 Å². The van der Waals surface area contributed by atoms with Crippen molar-refractivity contribution in [3.8, 4) is 17.0 Å². The first-order chi connectivity index (χ1) is 18.3. The van der Waals surface area contributed by atoms with Gasteiger partial charge in [0.25, 0.3) is 11.5 Å². The summed E-state index contributed by atoms with van der Waals surface area (Å²) >= 11 is 0. The number of nitrogens with two attached hydrogens (primary N) is 2. The third kappa shape index (κ3) is 4.91. The summed E-state index contributed by atoms with van der Waals surface area (Å²) in [6.07, 6.45) is -4.18. The van der Waals surface area contributed by atoms with Crippen LogP contribution in [0.2, 0.25) is 0 Å². The average Bonchev–Trinajstić information content (AvgIpc) is 2.88. The van der Waals surface area contributed by atoms with Crippen LogP contribution in [-0.2, 0) is 15.2 Å². The van der Waals surface area contributed by atoms with E-state index in [1.54, 1.807) is 6.92 Å². The monoisotopic (exact) mass is 546 g/mol. The van der Waals surface area contributed by atoms with Gasteiger partial charge in [0.15, 0.2) is 11.6 Å². The number of hydrogen-bond donors (Lipinski definition) is 5. The molecule has 14 heteroatoms. The molecule has 0 radical (unpaired) electrons. The summed E-state index contributed by atoms with van der Waals surface area (Å²) in [4.78, 5) is 36.2. The molecule has 2 amide bonds. The predicted molar refractivity (Wildman–Crippen MR) is 134 cm³/mol. The van der Waals surface area contributed by atoms with Crippen molar-refractivity contribution in [2.75, 3.05) is 35.2 Å². The van der Waals surface area contributed by atoms with E-state index < -0.39 is 41.8 Å². The second-order valence-corrected chi connectivity index (χ2v) is 9.06. The van der Waals surface area contributed by atoms with Crippen LogP contribution in [0.4, 0.5) is 30.5 Å². The summed E-state index contributed by atoms with van der Waals surface area (Å²) in [6.45, 7) is 1.03. The predicted octanol–water partition coefficient (Wildman–Crippen LogP) is 1.19. The molecular weight excluding hydrogens is 521 g/mol. The van der Waals surface area contributed by atoms with E-state index in [0.29, 0.717) is 11.3 Å². The van der Waals surface area contributed by atoms with Gasteiger partial charge in [-0.15, -0.1) is 0 Å². The minimum absolute atomic E-state index is 0.00844. The van der Waals surface area contributed by atoms with Crippen LogP contribution in [0.15, 0.2) is 48.7 Å². The zero-order chi connectivity index (χ0) is 28.7. The fourth-order valence-corrected chi connectivity index (χ4v) is 4.43. The van der Waals surface area contributed by atoms with Crippen LogP contribution in [0.3, 0.4) is 0 Å². The SMILES string of the molecule is Cc1ccc(C(O)(C(N)=O)C(F)(F)F)cc1-c1cnc(N)c(N2CC(=O)N(c3ccc(O)cc3)C(CO)C2)n1. The largest absolute Gasteiger partial charge is 0.508 e. The van der Waals surface area contributed by atoms with E-state index in [9.17, 15) is 38.1 Å². The molecule has 2 aromatic carbocycles. The second-order valence-electron chi connectivity index (χ2n) is 9.06. The number of carbonyl (C=O) groups excluding carboxylic acids is 2. The van der Waals surface area contributed by atoms with Crippen molar-refractivity contribution in [3.63, 3.8) is 0 Å². The summed E-state index contributed by atoms with van der Waals surface area (Å²) in [7, 11) is 0. The number of anilines is 3. The molecule has 0 spiro atoms. The van der Waals surface area contributed by atoms with Gasteiger partial charge in [-0.25, -0.2) is 9.97 Å². The second kappa shape index (κ2) is 10.0. The first kappa shape index (κ1) is 27.6. The van der Waals surface area contributed by atoms with Crippen molar-refractivity contribution in [1.82, 2.24) is 9.97 Å². The number of phenols is 1. The molecule has 0 bridgehead atoms. The van der Waals surface area contributed by atoms with E-state index in [1.807, 2.05) is 0 Å². The molecule has 1 aliphatic heterocycles. The smallest absolute Gasteiger partial charge is 0.430 e. The van der Waals surface area contributed by atoms with Gasteiger partial charge in [-0.1, -0.05) is 12.1 Å². The number of piperazine rings is 1. The summed E-state index contributed by atoms with van der Waals surface area (Å²) in [6, 6.07) is 8.31. The molecule has 39 heavy (non-hydrogen) atoms. The Morgan fingerprint density at radius 2 is 1.85 bits per heavy atom. The highest BCUT2D eigenvalue weighted by atomic mass is 19.4. The van der Waals surface area contributed by atoms with Crippen molar-refractivity contribution >= 4 is 29.1 Å². The maximum atomic E-state index is 13.6. The number of aryl methyl sites for hydroxylation is 1. The van der Waals surface area contributed by atoms with E-state index in [1.165, 1.54) is 46.3 Å². The number of benzene rings is 2. The van der Waals surface area contributed by atoms with Gasteiger partial charge in [0.1, 0.15) is 5.75 Å². The van der Waals surface area contributed by atoms with Gasteiger partial charge < -0.3 is 36.6 Å². The summed E-state index contributed by atoms with van der Waals surface area (Å²) < 4.78 is 40.9. The first-order valence-corrected chi connectivity index (χ1v) is 11.6. The van der Waals surface area contributed by atoms with Crippen molar-refractivity contribution in [1.29, 1.82) is 0 Å². The standard InChI is InChI=1S/C25H25F3N6O5/c1-13-2-3-14(24(39,23(30)38)25(26,27)28)8-18(13)19-9-31-21(29)22(32-19)33-10-16(12-35)34(20(37)11-33)15-4-6-17(36)7-5-15/h2-9,16,35-36,39H,10-12H2,1H3,(H2,29,31)(H2,30,38). The lowest BCUT2D eigenvalue weighted by Crippen LogP contribution is -2.58. The summed E-state index contributed by atoms with van der Waals surface area (Å²) in [5.74, 6) is -2.41. The highest BCUT2D eigenvalue weighted by Crippen LogP contribution is 2.40. The topological polar surface area (TPSA) is 179 Å². The number of hydrogen-bond acceptors (Lipinski definition) is 9. The Hall–Kier alpha value is -4.43. The molecule has 1 aromatic heterocycles. The Kier molecular flexibility index (Phi) is 7.10. The molecule has 0 saturated carbocycles. The number of aromatic nitrogens is 2. The maximum Gasteiger partial charge on any atom is 0.430 e. The molecule has 206 valence electrons. The zero-order valence-electron chi connectivity index (χ0n) is 20.6. The Labute approximate surface area is 220 Å². The third-order valence-corrected chi connectivity index (χ3v) is 6.51. The van der Waals surface area contributed by atoms with Gasteiger partial charge in [-0.05, 0) is 42.8 Å². The van der Waals surface area contributed by atoms with Crippen LogP contribution in [0.1, 0.15) is 11.1 Å². The number of rotatable bonds is 6. The number of aromatic hydroxyl groups is 1. The summed E-state index contributed by atoms with van der Waals surface area (Å²) in [5, 5.41) is 29.8. The van der Waals surface area contributed by atoms with Crippen molar-refractivity contribution in [3.05, 3.63) is 59.8 Å². The normalized spacial score (nSPS) is 17.7. The van der Waals surface area contributed by atoms with Crippen LogP contribution in [-0.4, -0.2) is 69.0 Å². The lowest BCUT2D eigenvalue weighted by atomic mass is 9.89. The van der Waals surface area contributed by atoms with Gasteiger partial charge in [0.05, 0.1) is 31.1 Å². The van der Waals surface area contributed by atoms with E-state index in [0.717, 1.165) is 12.1 Å². The lowest BCUT2D eigenvalue weighted by Gasteiger charge is -2.41. The third-order valence-electron chi connectivity index (χ3n) is 6.51. The van der Waals surface area contributed by atoms with Gasteiger partial charge in [-0.3, -0.25) is 9.59 Å². The molecular formula is C25H25F3N6O5. The van der Waals surface area contributed by atoms with Gasteiger partial charge >= 0.3 is 6.18 Å². The minimum atomic E-state index is -5.39. The highest BCUT2D eigenvalue weighted by Gasteiger charge is 2.60. The molecule has 4 rings (SSSR count). The van der Waals surface area contributed by atoms with Crippen molar-refractivity contribution < 1.29 is 38.1 Å². The number of halogens is 3. The Morgan fingerprint density at radius 1 is 1.18 bits per heavy atom. The van der Waals surface area contributed by atoms with Crippen LogP contribution in [0.5, 0.6) is 5.75 Å². The fraction of sp³-hybridized carbons (Fsp3) is 0.280. The molecule has 1 aliphatic rings.